The van der Waals surface area contributed by atoms with Gasteiger partial charge >= 0.3 is 0 Å². The predicted molar refractivity (Wildman–Crippen MR) is 62.5 cm³/mol. The quantitative estimate of drug-likeness (QED) is 0.792. The van der Waals surface area contributed by atoms with Crippen molar-refractivity contribution in [3.05, 3.63) is 0 Å². The van der Waals surface area contributed by atoms with E-state index in [1.54, 1.807) is 7.11 Å². The molecule has 1 atom stereocenters. The number of amidine groups is 1. The Bertz CT molecular complexity index is 306. The summed E-state index contributed by atoms with van der Waals surface area (Å²) >= 11 is 0. The first kappa shape index (κ1) is 11.6. The summed E-state index contributed by atoms with van der Waals surface area (Å²) in [5, 5.41) is 2.90. The second-order valence-corrected chi connectivity index (χ2v) is 4.65. The Kier molecular flexibility index (Phi) is 3.28. The first-order chi connectivity index (χ1) is 7.72. The van der Waals surface area contributed by atoms with E-state index in [0.29, 0.717) is 0 Å². The lowest BCUT2D eigenvalue weighted by Crippen LogP contribution is -2.49. The minimum Gasteiger partial charge on any atom is -0.370 e. The number of methoxy groups -OCH3 is 1. The van der Waals surface area contributed by atoms with E-state index in [2.05, 4.69) is 10.3 Å². The molecule has 4 heteroatoms. The normalized spacial score (nSPS) is 28.8. The molecule has 1 aliphatic carbocycles. The van der Waals surface area contributed by atoms with Crippen LogP contribution in [0, 0.1) is 0 Å². The van der Waals surface area contributed by atoms with Gasteiger partial charge in [-0.1, -0.05) is 26.2 Å². The highest BCUT2D eigenvalue weighted by Gasteiger charge is 2.42. The van der Waals surface area contributed by atoms with Crippen LogP contribution in [0.15, 0.2) is 4.99 Å². The fourth-order valence-electron chi connectivity index (χ4n) is 2.62. The third-order valence-electron chi connectivity index (χ3n) is 3.70. The number of nitrogens with one attached hydrogen (secondary N) is 1. The molecule has 0 aromatic rings. The zero-order valence-corrected chi connectivity index (χ0v) is 10.1. The van der Waals surface area contributed by atoms with Crippen LogP contribution < -0.4 is 5.32 Å². The summed E-state index contributed by atoms with van der Waals surface area (Å²) in [5.74, 6) is 0.797. The van der Waals surface area contributed by atoms with Gasteiger partial charge in [0.25, 0.3) is 0 Å². The molecule has 2 rings (SSSR count). The van der Waals surface area contributed by atoms with Gasteiger partial charge in [-0.3, -0.25) is 9.79 Å². The van der Waals surface area contributed by atoms with Crippen molar-refractivity contribution in [1.82, 2.24) is 5.32 Å². The largest absolute Gasteiger partial charge is 0.370 e. The third-order valence-corrected chi connectivity index (χ3v) is 3.70. The molecular formula is C12H20N2O2. The lowest BCUT2D eigenvalue weighted by molar-refractivity contribution is -0.120. The van der Waals surface area contributed by atoms with Crippen LogP contribution in [0.2, 0.25) is 0 Å². The van der Waals surface area contributed by atoms with Crippen molar-refractivity contribution in [2.45, 2.75) is 57.1 Å². The lowest BCUT2D eigenvalue weighted by atomic mass is 9.83. The van der Waals surface area contributed by atoms with Gasteiger partial charge in [-0.2, -0.15) is 0 Å². The molecule has 1 N–H and O–H groups in total. The molecule has 0 saturated heterocycles. The van der Waals surface area contributed by atoms with Crippen molar-refractivity contribution in [3.63, 3.8) is 0 Å². The molecule has 0 radical (unpaired) electrons. The molecule has 0 spiro atoms. The standard InChI is InChI=1S/C12H20N2O2/c1-3-9-10(15)14-11(13-9)12(16-2)7-5-4-6-8-12/h9H,3-8H2,1-2H3,(H,13,14,15). The van der Waals surface area contributed by atoms with Gasteiger partial charge in [0, 0.05) is 7.11 Å². The van der Waals surface area contributed by atoms with E-state index < -0.39 is 0 Å². The minimum atomic E-state index is -0.322. The maximum atomic E-state index is 11.6. The summed E-state index contributed by atoms with van der Waals surface area (Å²) in [4.78, 5) is 16.1. The molecular weight excluding hydrogens is 204 g/mol. The van der Waals surface area contributed by atoms with Crippen LogP contribution in [0.3, 0.4) is 0 Å². The van der Waals surface area contributed by atoms with Gasteiger partial charge in [-0.25, -0.2) is 0 Å². The van der Waals surface area contributed by atoms with Crippen LogP contribution >= 0.6 is 0 Å². The number of ether oxygens (including phenoxy) is 1. The Labute approximate surface area is 96.5 Å². The van der Waals surface area contributed by atoms with Gasteiger partial charge in [0.15, 0.2) is 0 Å². The molecule has 1 unspecified atom stereocenters. The average Bonchev–Trinajstić information content (AvgIpc) is 2.72. The number of nitrogens with zero attached hydrogens (tertiary/aromatic N) is 1. The fourth-order valence-corrected chi connectivity index (χ4v) is 2.62. The van der Waals surface area contributed by atoms with Crippen molar-refractivity contribution in [1.29, 1.82) is 0 Å². The van der Waals surface area contributed by atoms with Crippen molar-refractivity contribution < 1.29 is 9.53 Å². The minimum absolute atomic E-state index is 0.0273. The third kappa shape index (κ3) is 1.86. The van der Waals surface area contributed by atoms with Gasteiger partial charge in [0.1, 0.15) is 17.5 Å². The highest BCUT2D eigenvalue weighted by Crippen LogP contribution is 2.33. The number of aliphatic imine (C=N–C) groups is 1. The van der Waals surface area contributed by atoms with Crippen LogP contribution in [0.4, 0.5) is 0 Å². The number of carbonyl (C=O) groups is 1. The zero-order chi connectivity index (χ0) is 11.6. The van der Waals surface area contributed by atoms with Crippen LogP contribution in [0.25, 0.3) is 0 Å². The predicted octanol–water partition coefficient (Wildman–Crippen LogP) is 1.64. The van der Waals surface area contributed by atoms with E-state index in [-0.39, 0.29) is 17.6 Å². The van der Waals surface area contributed by atoms with Crippen molar-refractivity contribution in [2.24, 2.45) is 4.99 Å². The zero-order valence-electron chi connectivity index (χ0n) is 10.1. The second kappa shape index (κ2) is 4.53. The Morgan fingerprint density at radius 2 is 2.12 bits per heavy atom. The summed E-state index contributed by atoms with van der Waals surface area (Å²) < 4.78 is 5.66. The number of rotatable bonds is 3. The van der Waals surface area contributed by atoms with E-state index in [9.17, 15) is 4.79 Å². The molecule has 90 valence electrons. The molecule has 1 aliphatic heterocycles. The number of amides is 1. The molecule has 0 bridgehead atoms. The van der Waals surface area contributed by atoms with Gasteiger partial charge in [-0.05, 0) is 19.3 Å². The smallest absolute Gasteiger partial charge is 0.250 e. The van der Waals surface area contributed by atoms with Crippen molar-refractivity contribution in [3.8, 4) is 0 Å². The van der Waals surface area contributed by atoms with E-state index >= 15 is 0 Å². The van der Waals surface area contributed by atoms with Crippen LogP contribution in [0.1, 0.15) is 45.4 Å². The first-order valence-corrected chi connectivity index (χ1v) is 6.16. The SMILES string of the molecule is CCC1N=C(C2(OC)CCCCC2)NC1=O. The Morgan fingerprint density at radius 3 is 2.62 bits per heavy atom. The lowest BCUT2D eigenvalue weighted by Gasteiger charge is -2.35. The highest BCUT2D eigenvalue weighted by atomic mass is 16.5. The van der Waals surface area contributed by atoms with Gasteiger partial charge in [-0.15, -0.1) is 0 Å². The molecule has 1 fully saturated rings. The second-order valence-electron chi connectivity index (χ2n) is 4.65. The first-order valence-electron chi connectivity index (χ1n) is 6.16. The molecule has 0 aromatic carbocycles. The highest BCUT2D eigenvalue weighted by molar-refractivity contribution is 6.09. The Balaban J connectivity index is 2.18. The number of hydrogen-bond donors (Lipinski definition) is 1. The maximum Gasteiger partial charge on any atom is 0.250 e. The monoisotopic (exact) mass is 224 g/mol. The van der Waals surface area contributed by atoms with Gasteiger partial charge < -0.3 is 10.1 Å². The molecule has 1 saturated carbocycles. The molecule has 1 heterocycles. The fraction of sp³-hybridized carbons (Fsp3) is 0.833. The van der Waals surface area contributed by atoms with Gasteiger partial charge in [0.05, 0.1) is 0 Å². The Morgan fingerprint density at radius 1 is 1.44 bits per heavy atom. The van der Waals surface area contributed by atoms with Crippen LogP contribution in [-0.2, 0) is 9.53 Å². The summed E-state index contributed by atoms with van der Waals surface area (Å²) in [6.45, 7) is 1.98. The van der Waals surface area contributed by atoms with Gasteiger partial charge in [0.2, 0.25) is 5.91 Å². The summed E-state index contributed by atoms with van der Waals surface area (Å²) in [6, 6.07) is -0.205. The van der Waals surface area contributed by atoms with E-state index in [4.69, 9.17) is 4.74 Å². The number of carbonyl (C=O) groups excluding carboxylic acids is 1. The number of hydrogen-bond acceptors (Lipinski definition) is 3. The van der Waals surface area contributed by atoms with E-state index in [0.717, 1.165) is 37.9 Å². The van der Waals surface area contributed by atoms with Crippen LogP contribution in [0.5, 0.6) is 0 Å². The Hall–Kier alpha value is -0.900. The average molecular weight is 224 g/mol. The van der Waals surface area contributed by atoms with E-state index in [1.807, 2.05) is 6.92 Å². The summed E-state index contributed by atoms with van der Waals surface area (Å²) in [6.07, 6.45) is 6.26. The van der Waals surface area contributed by atoms with E-state index in [1.165, 1.54) is 6.42 Å². The summed E-state index contributed by atoms with van der Waals surface area (Å²) in [5.41, 5.74) is -0.322. The van der Waals surface area contributed by atoms with Crippen molar-refractivity contribution in [2.75, 3.05) is 7.11 Å². The van der Waals surface area contributed by atoms with Crippen LogP contribution in [-0.4, -0.2) is 30.5 Å². The van der Waals surface area contributed by atoms with Crippen molar-refractivity contribution >= 4 is 11.7 Å². The summed E-state index contributed by atoms with van der Waals surface area (Å²) in [7, 11) is 1.72. The topological polar surface area (TPSA) is 50.7 Å². The molecule has 0 aromatic heterocycles. The molecule has 16 heavy (non-hydrogen) atoms. The maximum absolute atomic E-state index is 11.6. The molecule has 2 aliphatic rings. The molecule has 1 amide bonds. The molecule has 4 nitrogen and oxygen atoms in total.